The van der Waals surface area contributed by atoms with Crippen molar-refractivity contribution in [3.05, 3.63) is 0 Å². The summed E-state index contributed by atoms with van der Waals surface area (Å²) in [4.78, 5) is 72.4. The van der Waals surface area contributed by atoms with Gasteiger partial charge in [-0.25, -0.2) is 9.13 Å². The van der Waals surface area contributed by atoms with Crippen molar-refractivity contribution in [1.29, 1.82) is 0 Å². The van der Waals surface area contributed by atoms with E-state index in [-0.39, 0.29) is 25.7 Å². The van der Waals surface area contributed by atoms with Gasteiger partial charge in [0.05, 0.1) is 26.4 Å². The fourth-order valence-corrected chi connectivity index (χ4v) is 12.3. The van der Waals surface area contributed by atoms with E-state index in [0.29, 0.717) is 31.6 Å². The zero-order valence-corrected chi connectivity index (χ0v) is 60.2. The summed E-state index contributed by atoms with van der Waals surface area (Å²) in [5.41, 5.74) is 0. The SMILES string of the molecule is CCCCCCCCCCCCCCCCCCCC(=O)O[C@H](COC(=O)CCCCCCCCCCCCCCCC(C)C)COP(=O)(O)OC[C@@H](O)COP(=O)(O)OC[C@@H](COC(=O)CCCCCCCCCC)OC(=O)CCCCCCCCC(C)C. The highest BCUT2D eigenvalue weighted by molar-refractivity contribution is 7.47. The van der Waals surface area contributed by atoms with E-state index in [2.05, 4.69) is 41.5 Å². The number of aliphatic hydroxyl groups is 1. The van der Waals surface area contributed by atoms with Crippen LogP contribution in [0.4, 0.5) is 0 Å². The van der Waals surface area contributed by atoms with Crippen LogP contribution in [0.3, 0.4) is 0 Å². The fourth-order valence-electron chi connectivity index (χ4n) is 10.8. The summed E-state index contributed by atoms with van der Waals surface area (Å²) in [6.07, 6.45) is 48.8. The minimum atomic E-state index is -4.95. The summed E-state index contributed by atoms with van der Waals surface area (Å²) >= 11 is 0. The summed E-state index contributed by atoms with van der Waals surface area (Å²) in [5.74, 6) is -0.668. The number of phosphoric ester groups is 2. The van der Waals surface area contributed by atoms with Crippen molar-refractivity contribution in [1.82, 2.24) is 0 Å². The first-order valence-corrected chi connectivity index (χ1v) is 40.0. The van der Waals surface area contributed by atoms with Crippen LogP contribution in [0, 0.1) is 11.8 Å². The highest BCUT2D eigenvalue weighted by Gasteiger charge is 2.30. The molecule has 0 aliphatic rings. The fraction of sp³-hybridized carbons (Fsp3) is 0.944. The Balaban J connectivity index is 5.20. The molecule has 0 amide bonds. The lowest BCUT2D eigenvalue weighted by atomic mass is 10.0. The van der Waals surface area contributed by atoms with Gasteiger partial charge < -0.3 is 33.8 Å². The van der Waals surface area contributed by atoms with E-state index in [9.17, 15) is 43.2 Å². The van der Waals surface area contributed by atoms with Gasteiger partial charge in [0, 0.05) is 25.7 Å². The Morgan fingerprint density at radius 3 is 0.756 bits per heavy atom. The summed E-state index contributed by atoms with van der Waals surface area (Å²) in [6, 6.07) is 0. The molecule has 0 aliphatic heterocycles. The lowest BCUT2D eigenvalue weighted by Gasteiger charge is -2.21. The molecule has 5 atom stereocenters. The number of carbonyl (C=O) groups is 4. The van der Waals surface area contributed by atoms with E-state index in [4.69, 9.17) is 37.0 Å². The smallest absolute Gasteiger partial charge is 0.462 e. The maximum absolute atomic E-state index is 13.0. The van der Waals surface area contributed by atoms with Crippen LogP contribution in [0.5, 0.6) is 0 Å². The number of carbonyl (C=O) groups excluding carboxylic acids is 4. The third-order valence-electron chi connectivity index (χ3n) is 16.5. The number of unbranched alkanes of at least 4 members (excludes halogenated alkanes) is 40. The van der Waals surface area contributed by atoms with Crippen LogP contribution < -0.4 is 0 Å². The number of hydrogen-bond donors (Lipinski definition) is 3. The molecule has 0 aliphatic carbocycles. The van der Waals surface area contributed by atoms with Crippen LogP contribution >= 0.6 is 15.6 Å². The van der Waals surface area contributed by atoms with E-state index < -0.39 is 97.5 Å². The van der Waals surface area contributed by atoms with Gasteiger partial charge in [-0.1, -0.05) is 311 Å². The van der Waals surface area contributed by atoms with Gasteiger partial charge in [0.25, 0.3) is 0 Å². The van der Waals surface area contributed by atoms with Crippen molar-refractivity contribution in [2.75, 3.05) is 39.6 Å². The maximum Gasteiger partial charge on any atom is 0.472 e. The Hall–Kier alpha value is -1.94. The average Bonchev–Trinajstić information content (AvgIpc) is 3.45. The van der Waals surface area contributed by atoms with Crippen LogP contribution in [0.25, 0.3) is 0 Å². The number of phosphoric acid groups is 2. The molecule has 0 aromatic heterocycles. The van der Waals surface area contributed by atoms with Crippen molar-refractivity contribution < 1.29 is 80.2 Å². The Kier molecular flexibility index (Phi) is 61.8. The molecule has 0 rings (SSSR count). The predicted molar refractivity (Wildman–Crippen MR) is 363 cm³/mol. The van der Waals surface area contributed by atoms with Gasteiger partial charge in [0.2, 0.25) is 0 Å². The van der Waals surface area contributed by atoms with E-state index in [1.54, 1.807) is 0 Å². The first-order valence-electron chi connectivity index (χ1n) is 37.0. The highest BCUT2D eigenvalue weighted by Crippen LogP contribution is 2.45. The van der Waals surface area contributed by atoms with Crippen molar-refractivity contribution in [2.24, 2.45) is 11.8 Å². The standard InChI is InChI=1S/C71H138O17P2/c1-7-9-11-13-15-17-18-19-20-21-22-25-29-32-36-43-49-55-70(75)87-66(59-82-69(74)54-48-42-35-31-28-26-23-24-27-30-33-39-45-51-63(3)4)61-85-89(77,78)83-57-65(72)58-84-90(79,80)86-62-67(60-81-68(73)53-47-41-34-16-14-12-10-8-2)88-71(76)56-50-44-38-37-40-46-52-64(5)6/h63-67,72H,7-62H2,1-6H3,(H,77,78)(H,79,80)/t65-,66-,67-/m1/s1. The monoisotopic (exact) mass is 1320 g/mol. The van der Waals surface area contributed by atoms with E-state index >= 15 is 0 Å². The van der Waals surface area contributed by atoms with Gasteiger partial charge in [-0.15, -0.1) is 0 Å². The van der Waals surface area contributed by atoms with Crippen molar-refractivity contribution >= 4 is 39.5 Å². The molecule has 3 N–H and O–H groups in total. The van der Waals surface area contributed by atoms with Gasteiger partial charge in [-0.05, 0) is 37.5 Å². The summed E-state index contributed by atoms with van der Waals surface area (Å²) in [7, 11) is -9.90. The molecule has 0 aromatic carbocycles. The third kappa shape index (κ3) is 64.8. The molecule has 17 nitrogen and oxygen atoms in total. The summed E-state index contributed by atoms with van der Waals surface area (Å²) in [5, 5.41) is 10.6. The van der Waals surface area contributed by atoms with Crippen molar-refractivity contribution in [3.63, 3.8) is 0 Å². The Morgan fingerprint density at radius 1 is 0.300 bits per heavy atom. The van der Waals surface area contributed by atoms with Gasteiger partial charge in [-0.3, -0.25) is 37.3 Å². The minimum Gasteiger partial charge on any atom is -0.462 e. The third-order valence-corrected chi connectivity index (χ3v) is 18.4. The quantitative estimate of drug-likeness (QED) is 0.0222. The zero-order chi connectivity index (χ0) is 66.5. The van der Waals surface area contributed by atoms with Crippen LogP contribution in [-0.4, -0.2) is 96.7 Å². The average molecular weight is 1330 g/mol. The van der Waals surface area contributed by atoms with E-state index in [1.165, 1.54) is 173 Å². The van der Waals surface area contributed by atoms with E-state index in [1.807, 2.05) is 0 Å². The molecule has 0 saturated carbocycles. The molecule has 0 aromatic rings. The molecule has 534 valence electrons. The first kappa shape index (κ1) is 88.1. The Bertz CT molecular complexity index is 1750. The zero-order valence-electron chi connectivity index (χ0n) is 58.4. The number of rotatable bonds is 70. The molecule has 0 heterocycles. The van der Waals surface area contributed by atoms with Crippen molar-refractivity contribution in [3.8, 4) is 0 Å². The van der Waals surface area contributed by atoms with Crippen LogP contribution in [0.15, 0.2) is 0 Å². The molecular formula is C71H138O17P2. The second-order valence-electron chi connectivity index (χ2n) is 26.6. The molecule has 2 unspecified atom stereocenters. The van der Waals surface area contributed by atoms with Crippen LogP contribution in [0.2, 0.25) is 0 Å². The van der Waals surface area contributed by atoms with Crippen LogP contribution in [-0.2, 0) is 65.4 Å². The second-order valence-corrected chi connectivity index (χ2v) is 29.5. The number of hydrogen-bond acceptors (Lipinski definition) is 15. The Labute approximate surface area is 549 Å². The van der Waals surface area contributed by atoms with Crippen LogP contribution in [0.1, 0.15) is 363 Å². The Morgan fingerprint density at radius 2 is 0.511 bits per heavy atom. The normalized spacial score (nSPS) is 14.1. The molecule has 19 heteroatoms. The number of aliphatic hydroxyl groups excluding tert-OH is 1. The topological polar surface area (TPSA) is 237 Å². The second kappa shape index (κ2) is 63.1. The molecule has 0 radical (unpaired) electrons. The molecule has 0 saturated heterocycles. The lowest BCUT2D eigenvalue weighted by Crippen LogP contribution is -2.30. The van der Waals surface area contributed by atoms with Gasteiger partial charge >= 0.3 is 39.5 Å². The van der Waals surface area contributed by atoms with Gasteiger partial charge in [0.1, 0.15) is 19.3 Å². The number of ether oxygens (including phenoxy) is 4. The molecule has 0 fully saturated rings. The predicted octanol–water partition coefficient (Wildman–Crippen LogP) is 20.4. The largest absolute Gasteiger partial charge is 0.472 e. The van der Waals surface area contributed by atoms with Gasteiger partial charge in [0.15, 0.2) is 12.2 Å². The minimum absolute atomic E-state index is 0.102. The molecule has 0 bridgehead atoms. The maximum atomic E-state index is 13.0. The summed E-state index contributed by atoms with van der Waals surface area (Å²) in [6.45, 7) is 9.46. The molecule has 0 spiro atoms. The van der Waals surface area contributed by atoms with E-state index in [0.717, 1.165) is 102 Å². The summed E-state index contributed by atoms with van der Waals surface area (Å²) < 4.78 is 68.2. The highest BCUT2D eigenvalue weighted by atomic mass is 31.2. The molecular weight excluding hydrogens is 1190 g/mol. The van der Waals surface area contributed by atoms with Crippen molar-refractivity contribution in [2.45, 2.75) is 381 Å². The first-order chi connectivity index (χ1) is 43.4. The van der Waals surface area contributed by atoms with Gasteiger partial charge in [-0.2, -0.15) is 0 Å². The lowest BCUT2D eigenvalue weighted by molar-refractivity contribution is -0.161. The number of esters is 4. The molecule has 90 heavy (non-hydrogen) atoms.